The summed E-state index contributed by atoms with van der Waals surface area (Å²) in [6, 6.07) is 9.34. The molecule has 0 aliphatic carbocycles. The second kappa shape index (κ2) is 7.68. The molecule has 10 nitrogen and oxygen atoms in total. The lowest BCUT2D eigenvalue weighted by Crippen LogP contribution is -2.42. The summed E-state index contributed by atoms with van der Waals surface area (Å²) in [6.07, 6.45) is -2.38. The van der Waals surface area contributed by atoms with Gasteiger partial charge in [0.2, 0.25) is 0 Å². The number of hydrogen-bond acceptors (Lipinski definition) is 8. The number of benzene rings is 1. The summed E-state index contributed by atoms with van der Waals surface area (Å²) < 4.78 is 55.8. The number of alkyl halides is 1. The Balaban J connectivity index is 1.54. The van der Waals surface area contributed by atoms with E-state index in [1.165, 1.54) is 6.20 Å². The highest BCUT2D eigenvalue weighted by Crippen LogP contribution is 2.49. The average molecular weight is 441 g/mol. The number of aromatic amines is 1. The third kappa shape index (κ3) is 4.07. The van der Waals surface area contributed by atoms with Crippen molar-refractivity contribution in [1.29, 1.82) is 0 Å². The zero-order valence-electron chi connectivity index (χ0n) is 16.0. The van der Waals surface area contributed by atoms with Crippen LogP contribution >= 0.6 is 8.25 Å². The molecule has 2 saturated heterocycles. The Bertz CT molecular complexity index is 1060. The van der Waals surface area contributed by atoms with E-state index in [0.29, 0.717) is 0 Å². The average Bonchev–Trinajstić information content (AvgIpc) is 3.14. The lowest BCUT2D eigenvalue weighted by atomic mass is 10.1. The van der Waals surface area contributed by atoms with Crippen molar-refractivity contribution < 1.29 is 32.2 Å². The maximum atomic E-state index is 15.7. The highest BCUT2D eigenvalue weighted by molar-refractivity contribution is 7.33. The maximum absolute atomic E-state index is 15.7. The number of aromatic nitrogens is 2. The lowest BCUT2D eigenvalue weighted by molar-refractivity contribution is -0.263. The van der Waals surface area contributed by atoms with Crippen LogP contribution in [-0.4, -0.2) is 40.0 Å². The van der Waals surface area contributed by atoms with Gasteiger partial charge < -0.3 is 14.2 Å². The molecule has 1 N–H and O–H groups in total. The van der Waals surface area contributed by atoms with Crippen molar-refractivity contribution in [2.75, 3.05) is 6.61 Å². The first-order chi connectivity index (χ1) is 14.2. The molecule has 3 heterocycles. The molecule has 2 aliphatic rings. The van der Waals surface area contributed by atoms with Gasteiger partial charge >= 0.3 is 13.9 Å². The molecular formula is C18H19FN2O8P+. The van der Waals surface area contributed by atoms with Crippen LogP contribution in [0.2, 0.25) is 0 Å². The second-order valence-corrected chi connectivity index (χ2v) is 8.12. The smallest absolute Gasteiger partial charge is 0.340 e. The molecule has 0 spiro atoms. The van der Waals surface area contributed by atoms with Crippen molar-refractivity contribution in [3.63, 3.8) is 0 Å². The molecular weight excluding hydrogens is 422 g/mol. The van der Waals surface area contributed by atoms with Gasteiger partial charge in [0.25, 0.3) is 11.4 Å². The molecule has 0 bridgehead atoms. The quantitative estimate of drug-likeness (QED) is 0.677. The Morgan fingerprint density at radius 2 is 1.90 bits per heavy atom. The second-order valence-electron chi connectivity index (χ2n) is 7.23. The van der Waals surface area contributed by atoms with Gasteiger partial charge in [-0.15, -0.1) is 4.52 Å². The maximum Gasteiger partial charge on any atom is 0.750 e. The minimum atomic E-state index is -2.71. The van der Waals surface area contributed by atoms with E-state index in [0.717, 1.165) is 10.6 Å². The van der Waals surface area contributed by atoms with Crippen LogP contribution in [0, 0.1) is 0 Å². The van der Waals surface area contributed by atoms with Crippen molar-refractivity contribution in [3.05, 3.63) is 63.4 Å². The van der Waals surface area contributed by atoms with Crippen molar-refractivity contribution in [3.8, 4) is 5.75 Å². The SMILES string of the molecule is CC1(C)OC2C(n3ccc(=O)[nH]c3=O)O[C@](F)(CO[P+](=O)Oc3ccccc3)C2O1. The molecule has 4 unspecified atom stereocenters. The van der Waals surface area contributed by atoms with Gasteiger partial charge in [-0.2, -0.15) is 0 Å². The number of rotatable bonds is 6. The predicted molar refractivity (Wildman–Crippen MR) is 99.7 cm³/mol. The largest absolute Gasteiger partial charge is 0.750 e. The number of ether oxygens (including phenoxy) is 3. The van der Waals surface area contributed by atoms with Crippen LogP contribution in [0.15, 0.2) is 52.2 Å². The van der Waals surface area contributed by atoms with Gasteiger partial charge in [-0.05, 0) is 26.0 Å². The van der Waals surface area contributed by atoms with E-state index in [4.69, 9.17) is 23.3 Å². The fourth-order valence-corrected chi connectivity index (χ4v) is 3.99. The van der Waals surface area contributed by atoms with Crippen molar-refractivity contribution >= 4 is 8.25 Å². The van der Waals surface area contributed by atoms with Gasteiger partial charge in [-0.25, -0.2) is 13.7 Å². The van der Waals surface area contributed by atoms with Crippen LogP contribution < -0.4 is 15.8 Å². The zero-order valence-corrected chi connectivity index (χ0v) is 16.9. The molecule has 0 amide bonds. The lowest BCUT2D eigenvalue weighted by Gasteiger charge is -2.26. The van der Waals surface area contributed by atoms with Crippen LogP contribution in [0.25, 0.3) is 0 Å². The van der Waals surface area contributed by atoms with E-state index in [1.807, 2.05) is 0 Å². The van der Waals surface area contributed by atoms with Crippen LogP contribution in [0.3, 0.4) is 0 Å². The summed E-state index contributed by atoms with van der Waals surface area (Å²) >= 11 is 0. The van der Waals surface area contributed by atoms with Gasteiger partial charge in [0.05, 0.1) is 0 Å². The van der Waals surface area contributed by atoms with Gasteiger partial charge in [0.1, 0.15) is 6.10 Å². The van der Waals surface area contributed by atoms with E-state index < -0.39 is 56.2 Å². The Morgan fingerprint density at radius 1 is 1.17 bits per heavy atom. The highest BCUT2D eigenvalue weighted by Gasteiger charge is 2.65. The van der Waals surface area contributed by atoms with Gasteiger partial charge in [-0.1, -0.05) is 18.2 Å². The molecule has 1 aromatic carbocycles. The molecule has 2 aromatic rings. The Morgan fingerprint density at radius 3 is 2.60 bits per heavy atom. The van der Waals surface area contributed by atoms with Crippen LogP contribution in [0.1, 0.15) is 20.1 Å². The number of halogens is 1. The van der Waals surface area contributed by atoms with Gasteiger partial charge in [0.15, 0.2) is 30.5 Å². The van der Waals surface area contributed by atoms with Gasteiger partial charge in [0, 0.05) is 16.8 Å². The standard InChI is InChI=1S/C18H18FN2O8P/c1-17(2)26-13-14(27-17)18(19,10-25-30(24)29-11-6-4-3-5-7-11)28-15(13)21-9-8-12(22)20-16(21)23/h3-9,13-15H,10H2,1-2H3/p+1/t13?,14?,15?,18-/m1/s1. The van der Waals surface area contributed by atoms with Crippen LogP contribution in [0.5, 0.6) is 5.75 Å². The summed E-state index contributed by atoms with van der Waals surface area (Å²) in [4.78, 5) is 25.6. The van der Waals surface area contributed by atoms with E-state index in [-0.39, 0.29) is 5.75 Å². The number of para-hydroxylation sites is 1. The Kier molecular flexibility index (Phi) is 5.33. The normalized spacial score (nSPS) is 30.1. The van der Waals surface area contributed by atoms with Crippen molar-refractivity contribution in [2.45, 2.75) is 43.9 Å². The van der Waals surface area contributed by atoms with E-state index in [2.05, 4.69) is 4.98 Å². The minimum absolute atomic E-state index is 0.288. The molecule has 160 valence electrons. The summed E-state index contributed by atoms with van der Waals surface area (Å²) in [6.45, 7) is 2.36. The Labute approximate surface area is 170 Å². The first-order valence-corrected chi connectivity index (χ1v) is 10.1. The number of fused-ring (bicyclic) bond motifs is 1. The molecule has 2 fully saturated rings. The van der Waals surface area contributed by atoms with Gasteiger partial charge in [-0.3, -0.25) is 14.3 Å². The van der Waals surface area contributed by atoms with Crippen molar-refractivity contribution in [1.82, 2.24) is 9.55 Å². The molecule has 2 aliphatic heterocycles. The Hall–Kier alpha value is -2.43. The summed E-state index contributed by atoms with van der Waals surface area (Å²) in [7, 11) is -2.71. The van der Waals surface area contributed by atoms with E-state index >= 15 is 4.39 Å². The molecule has 0 radical (unpaired) electrons. The summed E-state index contributed by atoms with van der Waals surface area (Å²) in [5, 5.41) is 0. The molecule has 1 aromatic heterocycles. The monoisotopic (exact) mass is 441 g/mol. The minimum Gasteiger partial charge on any atom is -0.340 e. The van der Waals surface area contributed by atoms with Crippen LogP contribution in [0.4, 0.5) is 4.39 Å². The predicted octanol–water partition coefficient (Wildman–Crippen LogP) is 2.00. The molecule has 30 heavy (non-hydrogen) atoms. The molecule has 4 rings (SSSR count). The van der Waals surface area contributed by atoms with E-state index in [1.54, 1.807) is 44.2 Å². The highest BCUT2D eigenvalue weighted by atomic mass is 31.1. The summed E-state index contributed by atoms with van der Waals surface area (Å²) in [5.41, 5.74) is -1.41. The molecule has 0 saturated carbocycles. The molecule has 5 atom stereocenters. The van der Waals surface area contributed by atoms with Crippen molar-refractivity contribution in [2.24, 2.45) is 0 Å². The number of hydrogen-bond donors (Lipinski definition) is 1. The number of H-pyrrole nitrogens is 1. The first kappa shape index (κ1) is 20.8. The fourth-order valence-electron chi connectivity index (χ4n) is 3.36. The zero-order chi connectivity index (χ0) is 21.5. The number of nitrogens with zero attached hydrogens (tertiary/aromatic N) is 1. The topological polar surface area (TPSA) is 118 Å². The summed E-state index contributed by atoms with van der Waals surface area (Å²) in [5.74, 6) is -3.47. The third-order valence-electron chi connectivity index (χ3n) is 4.57. The van der Waals surface area contributed by atoms with Crippen LogP contribution in [-0.2, 0) is 23.3 Å². The fraction of sp³-hybridized carbons (Fsp3) is 0.444. The van der Waals surface area contributed by atoms with E-state index in [9.17, 15) is 14.2 Å². The third-order valence-corrected chi connectivity index (χ3v) is 5.27. The first-order valence-electron chi connectivity index (χ1n) is 9.04. The molecule has 12 heteroatoms. The number of nitrogens with one attached hydrogen (secondary N) is 1.